The van der Waals surface area contributed by atoms with E-state index < -0.39 is 6.10 Å². The van der Waals surface area contributed by atoms with Gasteiger partial charge in [-0.3, -0.25) is 4.68 Å². The number of aliphatic hydroxyl groups excluding tert-OH is 1. The predicted octanol–water partition coefficient (Wildman–Crippen LogP) is 2.57. The zero-order chi connectivity index (χ0) is 11.7. The lowest BCUT2D eigenvalue weighted by molar-refractivity contribution is 0.213. The second kappa shape index (κ2) is 4.39. The van der Waals surface area contributed by atoms with Gasteiger partial charge in [0.05, 0.1) is 5.69 Å². The number of hydrogen-bond acceptors (Lipinski definition) is 2. The first-order chi connectivity index (χ1) is 7.58. The molecule has 3 nitrogen and oxygen atoms in total. The van der Waals surface area contributed by atoms with Gasteiger partial charge >= 0.3 is 0 Å². The molecule has 1 N–H and O–H groups in total. The van der Waals surface area contributed by atoms with Crippen LogP contribution in [0.25, 0.3) is 0 Å². The van der Waals surface area contributed by atoms with Crippen molar-refractivity contribution in [3.8, 4) is 0 Å². The Kier molecular flexibility index (Phi) is 3.12. The molecule has 4 heteroatoms. The smallest absolute Gasteiger partial charge is 0.123 e. The minimum absolute atomic E-state index is 0.658. The van der Waals surface area contributed by atoms with E-state index in [2.05, 4.69) is 21.0 Å². The molecule has 1 aromatic heterocycles. The van der Waals surface area contributed by atoms with Crippen LogP contribution in [0.1, 0.15) is 22.9 Å². The molecule has 0 aliphatic carbocycles. The molecule has 1 aromatic carbocycles. The maximum Gasteiger partial charge on any atom is 0.123 e. The molecule has 1 unspecified atom stereocenters. The standard InChI is InChI=1S/C12H13BrN2O/c1-8-7-9(13)3-4-10(8)12(16)11-5-6-15(2)14-11/h3-7,12,16H,1-2H3. The van der Waals surface area contributed by atoms with Gasteiger partial charge in [0.1, 0.15) is 6.10 Å². The highest BCUT2D eigenvalue weighted by Crippen LogP contribution is 2.25. The number of halogens is 1. The molecule has 0 aliphatic rings. The molecule has 0 spiro atoms. The minimum atomic E-state index is -0.658. The Hall–Kier alpha value is -1.13. The van der Waals surface area contributed by atoms with Crippen LogP contribution >= 0.6 is 15.9 Å². The lowest BCUT2D eigenvalue weighted by Gasteiger charge is -2.11. The molecule has 2 rings (SSSR count). The summed E-state index contributed by atoms with van der Waals surface area (Å²) in [6, 6.07) is 7.65. The third kappa shape index (κ3) is 2.18. The average Bonchev–Trinajstić information content (AvgIpc) is 2.64. The van der Waals surface area contributed by atoms with Crippen LogP contribution in [0.2, 0.25) is 0 Å². The summed E-state index contributed by atoms with van der Waals surface area (Å²) in [5, 5.41) is 14.4. The lowest BCUT2D eigenvalue weighted by Crippen LogP contribution is -2.03. The highest BCUT2D eigenvalue weighted by molar-refractivity contribution is 9.10. The Balaban J connectivity index is 2.37. The molecule has 0 saturated heterocycles. The second-order valence-electron chi connectivity index (χ2n) is 3.82. The molecule has 0 amide bonds. The van der Waals surface area contributed by atoms with Gasteiger partial charge in [0.25, 0.3) is 0 Å². The van der Waals surface area contributed by atoms with Crippen LogP contribution in [-0.4, -0.2) is 14.9 Å². The SMILES string of the molecule is Cc1cc(Br)ccc1C(O)c1ccn(C)n1. The highest BCUT2D eigenvalue weighted by atomic mass is 79.9. The quantitative estimate of drug-likeness (QED) is 0.918. The molecule has 0 fully saturated rings. The minimum Gasteiger partial charge on any atom is -0.382 e. The second-order valence-corrected chi connectivity index (χ2v) is 4.73. The molecule has 84 valence electrons. The van der Waals surface area contributed by atoms with Gasteiger partial charge in [-0.05, 0) is 36.2 Å². The summed E-state index contributed by atoms with van der Waals surface area (Å²) in [6.07, 6.45) is 1.17. The van der Waals surface area contributed by atoms with Crippen molar-refractivity contribution in [2.75, 3.05) is 0 Å². The summed E-state index contributed by atoms with van der Waals surface area (Å²) in [6.45, 7) is 1.98. The third-order valence-electron chi connectivity index (χ3n) is 2.54. The van der Waals surface area contributed by atoms with E-state index in [9.17, 15) is 5.11 Å². The van der Waals surface area contributed by atoms with Crippen LogP contribution in [0.5, 0.6) is 0 Å². The summed E-state index contributed by atoms with van der Waals surface area (Å²) in [4.78, 5) is 0. The molecule has 1 atom stereocenters. The fourth-order valence-corrected chi connectivity index (χ4v) is 2.16. The average molecular weight is 281 g/mol. The number of aliphatic hydroxyl groups is 1. The number of nitrogens with zero attached hydrogens (tertiary/aromatic N) is 2. The zero-order valence-electron chi connectivity index (χ0n) is 9.18. The fraction of sp³-hybridized carbons (Fsp3) is 0.250. The van der Waals surface area contributed by atoms with Gasteiger partial charge in [0.15, 0.2) is 0 Å². The molecule has 0 aliphatic heterocycles. The lowest BCUT2D eigenvalue weighted by atomic mass is 10.0. The Bertz CT molecular complexity index is 507. The summed E-state index contributed by atoms with van der Waals surface area (Å²) in [7, 11) is 1.84. The summed E-state index contributed by atoms with van der Waals surface area (Å²) < 4.78 is 2.70. The molecule has 0 bridgehead atoms. The molecule has 2 aromatic rings. The number of aryl methyl sites for hydroxylation is 2. The van der Waals surface area contributed by atoms with Crippen molar-refractivity contribution in [2.24, 2.45) is 7.05 Å². The van der Waals surface area contributed by atoms with Crippen molar-refractivity contribution < 1.29 is 5.11 Å². The van der Waals surface area contributed by atoms with Gasteiger partial charge in [-0.2, -0.15) is 5.10 Å². The monoisotopic (exact) mass is 280 g/mol. The van der Waals surface area contributed by atoms with Crippen molar-refractivity contribution in [1.82, 2.24) is 9.78 Å². The van der Waals surface area contributed by atoms with Crippen molar-refractivity contribution in [3.63, 3.8) is 0 Å². The molecule has 0 saturated carbocycles. The first kappa shape index (κ1) is 11.4. The molecule has 16 heavy (non-hydrogen) atoms. The van der Waals surface area contributed by atoms with E-state index in [1.807, 2.05) is 44.4 Å². The Morgan fingerprint density at radius 2 is 2.12 bits per heavy atom. The highest BCUT2D eigenvalue weighted by Gasteiger charge is 2.15. The first-order valence-corrected chi connectivity index (χ1v) is 5.81. The van der Waals surface area contributed by atoms with Crippen LogP contribution in [0, 0.1) is 6.92 Å². The van der Waals surface area contributed by atoms with Crippen LogP contribution < -0.4 is 0 Å². The summed E-state index contributed by atoms with van der Waals surface area (Å²) in [5.41, 5.74) is 2.61. The number of rotatable bonds is 2. The first-order valence-electron chi connectivity index (χ1n) is 5.01. The molecule has 1 heterocycles. The van der Waals surface area contributed by atoms with Gasteiger partial charge < -0.3 is 5.11 Å². The van der Waals surface area contributed by atoms with Gasteiger partial charge in [0.2, 0.25) is 0 Å². The van der Waals surface area contributed by atoms with Crippen LogP contribution in [0.15, 0.2) is 34.9 Å². The molecular weight excluding hydrogens is 268 g/mol. The van der Waals surface area contributed by atoms with E-state index in [1.54, 1.807) is 4.68 Å². The normalized spacial score (nSPS) is 12.8. The van der Waals surface area contributed by atoms with E-state index in [1.165, 1.54) is 0 Å². The Morgan fingerprint density at radius 1 is 1.38 bits per heavy atom. The molecule has 0 radical (unpaired) electrons. The summed E-state index contributed by atoms with van der Waals surface area (Å²) in [5.74, 6) is 0. The third-order valence-corrected chi connectivity index (χ3v) is 3.03. The van der Waals surface area contributed by atoms with Crippen LogP contribution in [0.3, 0.4) is 0 Å². The maximum atomic E-state index is 10.2. The Labute approximate surface area is 103 Å². The maximum absolute atomic E-state index is 10.2. The van der Waals surface area contributed by atoms with E-state index in [4.69, 9.17) is 0 Å². The Morgan fingerprint density at radius 3 is 2.69 bits per heavy atom. The topological polar surface area (TPSA) is 38.0 Å². The van der Waals surface area contributed by atoms with E-state index in [-0.39, 0.29) is 0 Å². The van der Waals surface area contributed by atoms with Crippen molar-refractivity contribution in [2.45, 2.75) is 13.0 Å². The number of benzene rings is 1. The van der Waals surface area contributed by atoms with Gasteiger partial charge in [-0.25, -0.2) is 0 Å². The van der Waals surface area contributed by atoms with Gasteiger partial charge in [0, 0.05) is 17.7 Å². The zero-order valence-corrected chi connectivity index (χ0v) is 10.8. The number of hydrogen-bond donors (Lipinski definition) is 1. The van der Waals surface area contributed by atoms with Crippen molar-refractivity contribution in [1.29, 1.82) is 0 Å². The van der Waals surface area contributed by atoms with E-state index >= 15 is 0 Å². The summed E-state index contributed by atoms with van der Waals surface area (Å²) >= 11 is 3.40. The van der Waals surface area contributed by atoms with Gasteiger partial charge in [-0.15, -0.1) is 0 Å². The van der Waals surface area contributed by atoms with E-state index in [0.29, 0.717) is 5.69 Å². The van der Waals surface area contributed by atoms with Gasteiger partial charge in [-0.1, -0.05) is 22.0 Å². The number of aromatic nitrogens is 2. The van der Waals surface area contributed by atoms with Crippen LogP contribution in [0.4, 0.5) is 0 Å². The van der Waals surface area contributed by atoms with Crippen molar-refractivity contribution >= 4 is 15.9 Å². The predicted molar refractivity (Wildman–Crippen MR) is 66.1 cm³/mol. The largest absolute Gasteiger partial charge is 0.382 e. The fourth-order valence-electron chi connectivity index (χ4n) is 1.68. The molecular formula is C12H13BrN2O. The van der Waals surface area contributed by atoms with Crippen molar-refractivity contribution in [3.05, 3.63) is 51.8 Å². The van der Waals surface area contributed by atoms with E-state index in [0.717, 1.165) is 15.6 Å². The van der Waals surface area contributed by atoms with Crippen LogP contribution in [-0.2, 0) is 7.05 Å².